The van der Waals surface area contributed by atoms with E-state index >= 15 is 0 Å². The third kappa shape index (κ3) is 3.22. The first-order valence-corrected chi connectivity index (χ1v) is 8.28. The van der Waals surface area contributed by atoms with Gasteiger partial charge in [0, 0.05) is 24.4 Å². The molecule has 2 amide bonds. The summed E-state index contributed by atoms with van der Waals surface area (Å²) in [7, 11) is 0. The Labute approximate surface area is 132 Å². The largest absolute Gasteiger partial charge is 0.459 e. The smallest absolute Gasteiger partial charge is 0.286 e. The van der Waals surface area contributed by atoms with E-state index < -0.39 is 0 Å². The minimum Gasteiger partial charge on any atom is -0.459 e. The maximum Gasteiger partial charge on any atom is 0.286 e. The van der Waals surface area contributed by atoms with E-state index in [4.69, 9.17) is 4.42 Å². The summed E-state index contributed by atoms with van der Waals surface area (Å²) >= 11 is 1.69. The molecule has 1 aliphatic heterocycles. The van der Waals surface area contributed by atoms with Gasteiger partial charge in [0.25, 0.3) is 5.91 Å². The number of furan rings is 1. The zero-order chi connectivity index (χ0) is 15.4. The molecule has 0 unspecified atom stereocenters. The Bertz CT molecular complexity index is 622. The average molecular weight is 318 g/mol. The summed E-state index contributed by atoms with van der Waals surface area (Å²) in [5.74, 6) is 0.0785. The third-order valence-corrected chi connectivity index (χ3v) is 4.79. The van der Waals surface area contributed by atoms with Gasteiger partial charge in [-0.1, -0.05) is 6.07 Å². The lowest BCUT2D eigenvalue weighted by Gasteiger charge is -2.24. The second-order valence-corrected chi connectivity index (χ2v) is 6.22. The lowest BCUT2D eigenvalue weighted by atomic mass is 10.2. The normalized spacial score (nSPS) is 17.6. The van der Waals surface area contributed by atoms with Gasteiger partial charge in [-0.2, -0.15) is 0 Å². The number of carbonyl (C=O) groups is 2. The molecule has 1 atom stereocenters. The van der Waals surface area contributed by atoms with Gasteiger partial charge in [0.2, 0.25) is 5.91 Å². The maximum atomic E-state index is 12.4. The molecular weight excluding hydrogens is 300 g/mol. The summed E-state index contributed by atoms with van der Waals surface area (Å²) < 4.78 is 5.01. The van der Waals surface area contributed by atoms with Crippen LogP contribution in [0.2, 0.25) is 0 Å². The van der Waals surface area contributed by atoms with Crippen LogP contribution in [0.25, 0.3) is 0 Å². The van der Waals surface area contributed by atoms with Crippen LogP contribution in [-0.4, -0.2) is 29.8 Å². The molecule has 0 bridgehead atoms. The summed E-state index contributed by atoms with van der Waals surface area (Å²) in [5, 5.41) is 4.75. The van der Waals surface area contributed by atoms with E-state index in [2.05, 4.69) is 11.4 Å². The summed E-state index contributed by atoms with van der Waals surface area (Å²) in [6.45, 7) is 1.12. The van der Waals surface area contributed by atoms with Gasteiger partial charge in [0.05, 0.1) is 12.3 Å². The number of nitrogens with zero attached hydrogens (tertiary/aromatic N) is 1. The van der Waals surface area contributed by atoms with Gasteiger partial charge in [-0.3, -0.25) is 9.59 Å². The van der Waals surface area contributed by atoms with Gasteiger partial charge in [-0.15, -0.1) is 11.3 Å². The number of hydrogen-bond donors (Lipinski definition) is 1. The molecule has 2 aromatic heterocycles. The van der Waals surface area contributed by atoms with E-state index in [9.17, 15) is 9.59 Å². The lowest BCUT2D eigenvalue weighted by Crippen LogP contribution is -2.34. The molecular formula is C16H18N2O3S. The van der Waals surface area contributed by atoms with Crippen LogP contribution in [0, 0.1) is 0 Å². The third-order valence-electron chi connectivity index (χ3n) is 3.81. The average Bonchev–Trinajstić information content (AvgIpc) is 3.26. The number of hydrogen-bond acceptors (Lipinski definition) is 4. The number of carbonyl (C=O) groups excluding carboxylic acids is 2. The summed E-state index contributed by atoms with van der Waals surface area (Å²) in [4.78, 5) is 27.3. The number of rotatable bonds is 5. The van der Waals surface area contributed by atoms with Crippen LogP contribution in [0.4, 0.5) is 0 Å². The number of thiophene rings is 1. The van der Waals surface area contributed by atoms with Crippen molar-refractivity contribution >= 4 is 23.2 Å². The molecule has 1 fully saturated rings. The highest BCUT2D eigenvalue weighted by atomic mass is 32.1. The Morgan fingerprint density at radius 2 is 2.27 bits per heavy atom. The molecule has 1 N–H and O–H groups in total. The van der Waals surface area contributed by atoms with Crippen LogP contribution in [0.3, 0.4) is 0 Å². The minimum absolute atomic E-state index is 0.0932. The highest BCUT2D eigenvalue weighted by Crippen LogP contribution is 2.34. The van der Waals surface area contributed by atoms with Crippen LogP contribution in [0.15, 0.2) is 40.3 Å². The Kier molecular flexibility index (Phi) is 4.58. The molecule has 2 aromatic rings. The van der Waals surface area contributed by atoms with Crippen molar-refractivity contribution in [2.75, 3.05) is 13.1 Å². The van der Waals surface area contributed by atoms with Gasteiger partial charge in [0.15, 0.2) is 5.76 Å². The summed E-state index contributed by atoms with van der Waals surface area (Å²) in [6.07, 6.45) is 3.82. The molecule has 1 aliphatic rings. The van der Waals surface area contributed by atoms with Gasteiger partial charge in [0.1, 0.15) is 0 Å². The lowest BCUT2D eigenvalue weighted by molar-refractivity contribution is -0.131. The second kappa shape index (κ2) is 6.79. The van der Waals surface area contributed by atoms with Gasteiger partial charge in [-0.05, 0) is 36.4 Å². The van der Waals surface area contributed by atoms with E-state index in [1.165, 1.54) is 11.1 Å². The van der Waals surface area contributed by atoms with Crippen molar-refractivity contribution in [3.63, 3.8) is 0 Å². The molecule has 0 saturated carbocycles. The Morgan fingerprint density at radius 3 is 3.00 bits per heavy atom. The van der Waals surface area contributed by atoms with Crippen LogP contribution in [0.1, 0.15) is 40.7 Å². The molecule has 1 saturated heterocycles. The van der Waals surface area contributed by atoms with Crippen molar-refractivity contribution in [3.05, 3.63) is 46.5 Å². The summed E-state index contributed by atoms with van der Waals surface area (Å²) in [5.41, 5.74) is 0. The van der Waals surface area contributed by atoms with Crippen LogP contribution < -0.4 is 5.32 Å². The fraction of sp³-hybridized carbons (Fsp3) is 0.375. The monoisotopic (exact) mass is 318 g/mol. The van der Waals surface area contributed by atoms with E-state index in [1.54, 1.807) is 23.5 Å². The molecule has 0 radical (unpaired) electrons. The molecule has 5 nitrogen and oxygen atoms in total. The van der Waals surface area contributed by atoms with E-state index in [0.717, 1.165) is 19.4 Å². The molecule has 0 spiro atoms. The zero-order valence-corrected chi connectivity index (χ0v) is 13.0. The highest BCUT2D eigenvalue weighted by Gasteiger charge is 2.30. The van der Waals surface area contributed by atoms with Crippen LogP contribution >= 0.6 is 11.3 Å². The van der Waals surface area contributed by atoms with Crippen LogP contribution in [-0.2, 0) is 4.79 Å². The predicted molar refractivity (Wildman–Crippen MR) is 83.7 cm³/mol. The maximum absolute atomic E-state index is 12.4. The topological polar surface area (TPSA) is 62.6 Å². The van der Waals surface area contributed by atoms with Gasteiger partial charge in [-0.25, -0.2) is 0 Å². The molecule has 116 valence electrons. The molecule has 0 aromatic carbocycles. The quantitative estimate of drug-likeness (QED) is 0.922. The number of likely N-dealkylation sites (tertiary alicyclic amines) is 1. The van der Waals surface area contributed by atoms with Gasteiger partial charge < -0.3 is 14.6 Å². The zero-order valence-electron chi connectivity index (χ0n) is 12.2. The van der Waals surface area contributed by atoms with Crippen molar-refractivity contribution < 1.29 is 14.0 Å². The Balaban J connectivity index is 1.50. The minimum atomic E-state index is -0.283. The van der Waals surface area contributed by atoms with Crippen molar-refractivity contribution in [1.82, 2.24) is 10.2 Å². The van der Waals surface area contributed by atoms with Gasteiger partial charge >= 0.3 is 0 Å². The van der Waals surface area contributed by atoms with Crippen molar-refractivity contribution in [3.8, 4) is 0 Å². The highest BCUT2D eigenvalue weighted by molar-refractivity contribution is 7.10. The van der Waals surface area contributed by atoms with Crippen molar-refractivity contribution in [2.24, 2.45) is 0 Å². The molecule has 3 rings (SSSR count). The first-order valence-electron chi connectivity index (χ1n) is 7.40. The molecule has 6 heteroatoms. The second-order valence-electron chi connectivity index (χ2n) is 5.24. The molecule has 3 heterocycles. The van der Waals surface area contributed by atoms with Crippen molar-refractivity contribution in [2.45, 2.75) is 25.3 Å². The van der Waals surface area contributed by atoms with E-state index in [1.807, 2.05) is 16.3 Å². The Hall–Kier alpha value is -2.08. The van der Waals surface area contributed by atoms with E-state index in [-0.39, 0.29) is 23.6 Å². The standard InChI is InChI=1S/C16H18N2O3S/c19-15(7-8-17-16(20)13-5-2-10-21-13)18-9-1-4-12(18)14-6-3-11-22-14/h2-3,5-6,10-12H,1,4,7-9H2,(H,17,20)/t12-/m0/s1. The number of nitrogens with one attached hydrogen (secondary N) is 1. The first-order chi connectivity index (χ1) is 10.8. The molecule has 0 aliphatic carbocycles. The molecule has 22 heavy (non-hydrogen) atoms. The summed E-state index contributed by atoms with van der Waals surface area (Å²) in [6, 6.07) is 7.57. The first kappa shape index (κ1) is 14.8. The van der Waals surface area contributed by atoms with E-state index in [0.29, 0.717) is 13.0 Å². The Morgan fingerprint density at radius 1 is 1.36 bits per heavy atom. The SMILES string of the molecule is O=C(NCCC(=O)N1CCC[C@H]1c1cccs1)c1ccco1. The predicted octanol–water partition coefficient (Wildman–Crippen LogP) is 2.82. The van der Waals surface area contributed by atoms with Crippen LogP contribution in [0.5, 0.6) is 0 Å². The fourth-order valence-corrected chi connectivity index (χ4v) is 3.64. The van der Waals surface area contributed by atoms with Crippen molar-refractivity contribution in [1.29, 1.82) is 0 Å². The number of amides is 2. The fourth-order valence-electron chi connectivity index (χ4n) is 2.76.